The topological polar surface area (TPSA) is 44.6 Å². The summed E-state index contributed by atoms with van der Waals surface area (Å²) in [5.74, 6) is -0.118. The van der Waals surface area contributed by atoms with Crippen molar-refractivity contribution in [2.75, 3.05) is 46.8 Å². The molecule has 0 N–H and O–H groups in total. The summed E-state index contributed by atoms with van der Waals surface area (Å²) in [6.07, 6.45) is 2.07. The Morgan fingerprint density at radius 3 is 2.22 bits per heavy atom. The Balaban J connectivity index is 1.53. The molecule has 0 bridgehead atoms. The largest absolute Gasteiger partial charge is 0.348 e. The fourth-order valence-electron chi connectivity index (χ4n) is 3.89. The van der Waals surface area contributed by atoms with E-state index in [9.17, 15) is 9.18 Å². The molecule has 6 nitrogen and oxygen atoms in total. The quantitative estimate of drug-likeness (QED) is 0.597. The van der Waals surface area contributed by atoms with Crippen molar-refractivity contribution in [3.8, 4) is 16.9 Å². The zero-order valence-corrected chi connectivity index (χ0v) is 19.0. The van der Waals surface area contributed by atoms with Crippen molar-refractivity contribution in [1.82, 2.24) is 24.5 Å². The molecule has 1 aliphatic heterocycles. The number of nitrogens with zero attached hydrogens (tertiary/aromatic N) is 5. The fourth-order valence-corrected chi connectivity index (χ4v) is 3.89. The van der Waals surface area contributed by atoms with Gasteiger partial charge in [0.2, 0.25) is 5.91 Å². The number of amides is 1. The highest BCUT2D eigenvalue weighted by Crippen LogP contribution is 2.26. The van der Waals surface area contributed by atoms with E-state index in [4.69, 9.17) is 5.10 Å². The van der Waals surface area contributed by atoms with E-state index < -0.39 is 0 Å². The highest BCUT2D eigenvalue weighted by atomic mass is 19.1. The smallest absolute Gasteiger partial charge is 0.236 e. The number of halogens is 1. The Morgan fingerprint density at radius 2 is 1.59 bits per heavy atom. The number of piperazine rings is 1. The molecule has 1 saturated heterocycles. The van der Waals surface area contributed by atoms with Crippen LogP contribution in [0.4, 0.5) is 4.39 Å². The van der Waals surface area contributed by atoms with E-state index in [2.05, 4.69) is 47.2 Å². The molecule has 3 aromatic rings. The maximum Gasteiger partial charge on any atom is 0.236 e. The highest BCUT2D eigenvalue weighted by molar-refractivity contribution is 5.77. The number of aromatic nitrogens is 2. The summed E-state index contributed by atoms with van der Waals surface area (Å²) in [6, 6.07) is 14.8. The van der Waals surface area contributed by atoms with Gasteiger partial charge in [-0.3, -0.25) is 14.6 Å². The number of aryl methyl sites for hydroxylation is 1. The molecular formula is C25H30FN5O. The first-order valence-corrected chi connectivity index (χ1v) is 11.0. The lowest BCUT2D eigenvalue weighted by atomic mass is 10.1. The number of hydrogen-bond acceptors (Lipinski definition) is 4. The molecule has 1 aromatic heterocycles. The van der Waals surface area contributed by atoms with E-state index in [-0.39, 0.29) is 11.7 Å². The fraction of sp³-hybridized carbons (Fsp3) is 0.360. The maximum atomic E-state index is 13.5. The predicted molar refractivity (Wildman–Crippen MR) is 124 cm³/mol. The third kappa shape index (κ3) is 5.23. The van der Waals surface area contributed by atoms with Gasteiger partial charge in [-0.1, -0.05) is 17.7 Å². The average molecular weight is 436 g/mol. The van der Waals surface area contributed by atoms with E-state index in [1.165, 1.54) is 17.7 Å². The summed E-state index contributed by atoms with van der Waals surface area (Å²) < 4.78 is 15.4. The molecule has 1 amide bonds. The number of hydrogen-bond donors (Lipinski definition) is 0. The molecule has 1 aliphatic rings. The van der Waals surface area contributed by atoms with Crippen molar-refractivity contribution in [3.63, 3.8) is 0 Å². The molecule has 0 radical (unpaired) electrons. The summed E-state index contributed by atoms with van der Waals surface area (Å²) in [5.41, 5.74) is 5.08. The van der Waals surface area contributed by atoms with Crippen LogP contribution >= 0.6 is 0 Å². The van der Waals surface area contributed by atoms with Gasteiger partial charge in [0.1, 0.15) is 5.82 Å². The van der Waals surface area contributed by atoms with E-state index in [0.29, 0.717) is 6.54 Å². The van der Waals surface area contributed by atoms with Gasteiger partial charge < -0.3 is 4.90 Å². The van der Waals surface area contributed by atoms with E-state index in [1.54, 1.807) is 31.1 Å². The zero-order chi connectivity index (χ0) is 22.7. The molecular weight excluding hydrogens is 405 g/mol. The molecule has 1 fully saturated rings. The molecule has 168 valence electrons. The Bertz CT molecular complexity index is 1050. The van der Waals surface area contributed by atoms with Crippen molar-refractivity contribution >= 4 is 5.91 Å². The van der Waals surface area contributed by atoms with Crippen molar-refractivity contribution in [2.24, 2.45) is 0 Å². The first-order chi connectivity index (χ1) is 15.4. The van der Waals surface area contributed by atoms with Gasteiger partial charge in [-0.05, 0) is 43.3 Å². The van der Waals surface area contributed by atoms with Crippen LogP contribution < -0.4 is 0 Å². The number of rotatable bonds is 6. The monoisotopic (exact) mass is 435 g/mol. The van der Waals surface area contributed by atoms with Gasteiger partial charge >= 0.3 is 0 Å². The van der Waals surface area contributed by atoms with Crippen molar-refractivity contribution in [1.29, 1.82) is 0 Å². The minimum Gasteiger partial charge on any atom is -0.348 e. The van der Waals surface area contributed by atoms with Gasteiger partial charge in [0.25, 0.3) is 0 Å². The molecule has 0 atom stereocenters. The van der Waals surface area contributed by atoms with Crippen LogP contribution in [0.1, 0.15) is 11.1 Å². The number of likely N-dealkylation sites (N-methyl/N-ethyl adjacent to an activating group) is 1. The summed E-state index contributed by atoms with van der Waals surface area (Å²) in [7, 11) is 3.59. The lowest BCUT2D eigenvalue weighted by Crippen LogP contribution is -2.48. The van der Waals surface area contributed by atoms with Crippen LogP contribution in [0.15, 0.2) is 54.7 Å². The maximum absolute atomic E-state index is 13.5. The predicted octanol–water partition coefficient (Wildman–Crippen LogP) is 3.19. The Labute approximate surface area is 188 Å². The second kappa shape index (κ2) is 9.63. The molecule has 32 heavy (non-hydrogen) atoms. The molecule has 0 aliphatic carbocycles. The molecule has 2 heterocycles. The van der Waals surface area contributed by atoms with E-state index >= 15 is 0 Å². The summed E-state index contributed by atoms with van der Waals surface area (Å²) in [6.45, 7) is 6.78. The molecule has 0 saturated carbocycles. The average Bonchev–Trinajstić information content (AvgIpc) is 3.19. The van der Waals surface area contributed by atoms with Crippen LogP contribution in [0.2, 0.25) is 0 Å². The van der Waals surface area contributed by atoms with E-state index in [1.807, 2.05) is 4.68 Å². The molecule has 0 spiro atoms. The minimum atomic E-state index is -0.253. The van der Waals surface area contributed by atoms with Crippen molar-refractivity contribution in [2.45, 2.75) is 13.5 Å². The van der Waals surface area contributed by atoms with Gasteiger partial charge in [0, 0.05) is 64.1 Å². The second-order valence-electron chi connectivity index (χ2n) is 8.63. The first-order valence-electron chi connectivity index (χ1n) is 11.0. The van der Waals surface area contributed by atoms with Crippen molar-refractivity contribution in [3.05, 3.63) is 71.7 Å². The molecule has 2 aromatic carbocycles. The van der Waals surface area contributed by atoms with E-state index in [0.717, 1.165) is 55.2 Å². The Kier molecular flexibility index (Phi) is 6.67. The normalized spacial score (nSPS) is 15.1. The number of benzene rings is 2. The SMILES string of the molecule is Cc1ccc(-n2cc(CN3CCN(CC(=O)N(C)C)CC3)c(-c3ccc(F)cc3)n2)cc1. The minimum absolute atomic E-state index is 0.136. The summed E-state index contributed by atoms with van der Waals surface area (Å²) >= 11 is 0. The molecule has 4 rings (SSSR count). The van der Waals surface area contributed by atoms with Crippen LogP contribution in [-0.2, 0) is 11.3 Å². The molecule has 0 unspecified atom stereocenters. The van der Waals surface area contributed by atoms with Gasteiger partial charge in [-0.25, -0.2) is 9.07 Å². The Morgan fingerprint density at radius 1 is 0.969 bits per heavy atom. The lowest BCUT2D eigenvalue weighted by molar-refractivity contribution is -0.130. The van der Waals surface area contributed by atoms with Crippen molar-refractivity contribution < 1.29 is 9.18 Å². The number of carbonyl (C=O) groups is 1. The van der Waals surface area contributed by atoms with Crippen LogP contribution in [0, 0.1) is 12.7 Å². The number of carbonyl (C=O) groups excluding carboxylic acids is 1. The standard InChI is InChI=1S/C25H30FN5O/c1-19-4-10-23(11-5-19)31-17-21(25(27-31)20-6-8-22(26)9-7-20)16-29-12-14-30(15-13-29)18-24(32)28(2)3/h4-11,17H,12-16,18H2,1-3H3. The third-order valence-electron chi connectivity index (χ3n) is 5.92. The van der Waals surface area contributed by atoms with Crippen LogP contribution in [0.5, 0.6) is 0 Å². The van der Waals surface area contributed by atoms with Crippen LogP contribution in [0.25, 0.3) is 16.9 Å². The van der Waals surface area contributed by atoms with Gasteiger partial charge in [-0.2, -0.15) is 5.10 Å². The third-order valence-corrected chi connectivity index (χ3v) is 5.92. The van der Waals surface area contributed by atoms with Gasteiger partial charge in [0.15, 0.2) is 0 Å². The summed E-state index contributed by atoms with van der Waals surface area (Å²) in [5, 5.41) is 4.86. The van der Waals surface area contributed by atoms with Gasteiger partial charge in [0.05, 0.1) is 17.9 Å². The highest BCUT2D eigenvalue weighted by Gasteiger charge is 2.22. The molecule has 7 heteroatoms. The second-order valence-corrected chi connectivity index (χ2v) is 8.63. The van der Waals surface area contributed by atoms with Crippen LogP contribution in [-0.4, -0.2) is 77.2 Å². The van der Waals surface area contributed by atoms with Gasteiger partial charge in [-0.15, -0.1) is 0 Å². The summed E-state index contributed by atoms with van der Waals surface area (Å²) in [4.78, 5) is 18.2. The van der Waals surface area contributed by atoms with Crippen LogP contribution in [0.3, 0.4) is 0 Å². The Hall–Kier alpha value is -3.03. The first kappa shape index (κ1) is 22.2. The zero-order valence-electron chi connectivity index (χ0n) is 19.0. The lowest BCUT2D eigenvalue weighted by Gasteiger charge is -2.34.